The summed E-state index contributed by atoms with van der Waals surface area (Å²) in [6.45, 7) is 2.21. The summed E-state index contributed by atoms with van der Waals surface area (Å²) < 4.78 is 4.77. The molecule has 1 rings (SSSR count). The van der Waals surface area contributed by atoms with Gasteiger partial charge in [-0.1, -0.05) is 0 Å². The molecule has 4 nitrogen and oxygen atoms in total. The van der Waals surface area contributed by atoms with Crippen molar-refractivity contribution in [3.63, 3.8) is 0 Å². The third kappa shape index (κ3) is 3.63. The molecule has 0 aromatic rings. The summed E-state index contributed by atoms with van der Waals surface area (Å²) in [5.41, 5.74) is 7.48. The number of ether oxygens (including phenoxy) is 1. The van der Waals surface area contributed by atoms with Crippen molar-refractivity contribution < 1.29 is 9.53 Å². The van der Waals surface area contributed by atoms with Crippen LogP contribution in [0.5, 0.6) is 0 Å². The zero-order valence-electron chi connectivity index (χ0n) is 8.01. The van der Waals surface area contributed by atoms with Crippen LogP contribution in [0.4, 0.5) is 4.79 Å². The second kappa shape index (κ2) is 5.07. The molecule has 0 aromatic carbocycles. The summed E-state index contributed by atoms with van der Waals surface area (Å²) >= 11 is 0. The van der Waals surface area contributed by atoms with Crippen molar-refractivity contribution in [2.45, 2.75) is 44.7 Å². The molecule has 1 saturated carbocycles. The van der Waals surface area contributed by atoms with Crippen molar-refractivity contribution in [1.29, 1.82) is 0 Å². The molecule has 1 radical (unpaired) electrons. The molecule has 0 atom stereocenters. The standard InChI is InChI=1S/C9H17N2O2/c1-2-13-9(12)11-8-5-3-7(10)4-6-8/h7-8,10H,2-6H2,1H3,(H,11,12)/t7-,8-. The van der Waals surface area contributed by atoms with Crippen LogP contribution in [0.15, 0.2) is 0 Å². The van der Waals surface area contributed by atoms with Gasteiger partial charge in [0, 0.05) is 12.1 Å². The van der Waals surface area contributed by atoms with Crippen molar-refractivity contribution in [2.75, 3.05) is 6.61 Å². The lowest BCUT2D eigenvalue weighted by Gasteiger charge is -2.25. The van der Waals surface area contributed by atoms with E-state index >= 15 is 0 Å². The molecular formula is C9H17N2O2. The first kappa shape index (κ1) is 10.3. The van der Waals surface area contributed by atoms with Gasteiger partial charge >= 0.3 is 6.09 Å². The summed E-state index contributed by atoms with van der Waals surface area (Å²) in [5, 5.41) is 2.80. The molecule has 1 fully saturated rings. The number of hydrogen-bond donors (Lipinski definition) is 1. The van der Waals surface area contributed by atoms with Crippen LogP contribution >= 0.6 is 0 Å². The van der Waals surface area contributed by atoms with E-state index < -0.39 is 0 Å². The van der Waals surface area contributed by atoms with Crippen molar-refractivity contribution in [3.8, 4) is 0 Å². The Kier molecular flexibility index (Phi) is 4.02. The minimum Gasteiger partial charge on any atom is -0.450 e. The number of alkyl carbamates (subject to hydrolysis) is 1. The van der Waals surface area contributed by atoms with Crippen LogP contribution in [0.3, 0.4) is 0 Å². The largest absolute Gasteiger partial charge is 0.450 e. The van der Waals surface area contributed by atoms with Crippen molar-refractivity contribution >= 4 is 6.09 Å². The Bertz CT molecular complexity index is 165. The van der Waals surface area contributed by atoms with E-state index in [-0.39, 0.29) is 18.2 Å². The van der Waals surface area contributed by atoms with Gasteiger partial charge in [-0.25, -0.2) is 4.79 Å². The van der Waals surface area contributed by atoms with Gasteiger partial charge in [-0.05, 0) is 32.6 Å². The molecular weight excluding hydrogens is 168 g/mol. The van der Waals surface area contributed by atoms with E-state index in [4.69, 9.17) is 10.5 Å². The average Bonchev–Trinajstić information content (AvgIpc) is 2.09. The van der Waals surface area contributed by atoms with Crippen LogP contribution in [0.2, 0.25) is 0 Å². The lowest BCUT2D eigenvalue weighted by Crippen LogP contribution is -2.39. The van der Waals surface area contributed by atoms with Gasteiger partial charge in [0.1, 0.15) is 0 Å². The highest BCUT2D eigenvalue weighted by molar-refractivity contribution is 5.67. The minimum absolute atomic E-state index is 0.0697. The Hall–Kier alpha value is -0.770. The highest BCUT2D eigenvalue weighted by Crippen LogP contribution is 2.17. The molecule has 0 spiro atoms. The summed E-state index contributed by atoms with van der Waals surface area (Å²) in [7, 11) is 0. The second-order valence-corrected chi connectivity index (χ2v) is 3.41. The number of amides is 1. The molecule has 0 bridgehead atoms. The van der Waals surface area contributed by atoms with Crippen LogP contribution in [-0.4, -0.2) is 24.8 Å². The van der Waals surface area contributed by atoms with Gasteiger partial charge in [0.05, 0.1) is 6.61 Å². The Morgan fingerprint density at radius 1 is 1.46 bits per heavy atom. The van der Waals surface area contributed by atoms with E-state index in [1.807, 2.05) is 0 Å². The Labute approximate surface area is 78.8 Å². The molecule has 0 aromatic heterocycles. The first-order valence-corrected chi connectivity index (χ1v) is 4.86. The normalized spacial score (nSPS) is 28.2. The van der Waals surface area contributed by atoms with Crippen LogP contribution in [0, 0.1) is 0 Å². The Balaban J connectivity index is 2.18. The molecule has 75 valence electrons. The molecule has 13 heavy (non-hydrogen) atoms. The maximum Gasteiger partial charge on any atom is 0.407 e. The van der Waals surface area contributed by atoms with Gasteiger partial charge in [0.15, 0.2) is 0 Å². The lowest BCUT2D eigenvalue weighted by molar-refractivity contribution is 0.144. The smallest absolute Gasteiger partial charge is 0.407 e. The maximum atomic E-state index is 11.0. The molecule has 4 heteroatoms. The maximum absolute atomic E-state index is 11.0. The zero-order valence-corrected chi connectivity index (χ0v) is 8.01. The fraction of sp³-hybridized carbons (Fsp3) is 0.889. The predicted molar refractivity (Wildman–Crippen MR) is 49.3 cm³/mol. The average molecular weight is 185 g/mol. The summed E-state index contributed by atoms with van der Waals surface area (Å²) in [5.74, 6) is 0. The van der Waals surface area contributed by atoms with E-state index in [1.165, 1.54) is 0 Å². The van der Waals surface area contributed by atoms with Gasteiger partial charge in [-0.2, -0.15) is 0 Å². The van der Waals surface area contributed by atoms with Crippen molar-refractivity contribution in [1.82, 2.24) is 11.1 Å². The number of carbonyl (C=O) groups is 1. The van der Waals surface area contributed by atoms with Crippen LogP contribution in [0.1, 0.15) is 32.6 Å². The molecule has 1 aliphatic rings. The third-order valence-electron chi connectivity index (χ3n) is 2.32. The molecule has 1 aliphatic carbocycles. The zero-order chi connectivity index (χ0) is 9.68. The summed E-state index contributed by atoms with van der Waals surface area (Å²) in [6, 6.07) is 0.292. The van der Waals surface area contributed by atoms with E-state index in [1.54, 1.807) is 6.92 Å². The van der Waals surface area contributed by atoms with E-state index in [0.717, 1.165) is 25.7 Å². The number of carbonyl (C=O) groups excluding carboxylic acids is 1. The highest BCUT2D eigenvalue weighted by atomic mass is 16.5. The topological polar surface area (TPSA) is 62.1 Å². The number of hydrogen-bond acceptors (Lipinski definition) is 2. The minimum atomic E-state index is -0.323. The molecule has 0 unspecified atom stereocenters. The fourth-order valence-corrected chi connectivity index (χ4v) is 1.58. The lowest BCUT2D eigenvalue weighted by atomic mass is 9.92. The van der Waals surface area contributed by atoms with Gasteiger partial charge in [0.2, 0.25) is 0 Å². The first-order valence-electron chi connectivity index (χ1n) is 4.86. The van der Waals surface area contributed by atoms with E-state index in [9.17, 15) is 4.79 Å². The SMILES string of the molecule is CCOC(=O)N[C@H]1CC[C@H]([NH])CC1. The molecule has 1 amide bonds. The molecule has 2 N–H and O–H groups in total. The first-order chi connectivity index (χ1) is 6.22. The van der Waals surface area contributed by atoms with E-state index in [2.05, 4.69) is 5.32 Å². The third-order valence-corrected chi connectivity index (χ3v) is 2.32. The summed E-state index contributed by atoms with van der Waals surface area (Å²) in [4.78, 5) is 11.0. The number of nitrogens with one attached hydrogen (secondary N) is 2. The van der Waals surface area contributed by atoms with Gasteiger partial charge in [-0.3, -0.25) is 5.73 Å². The Morgan fingerprint density at radius 3 is 2.62 bits per heavy atom. The van der Waals surface area contributed by atoms with E-state index in [0.29, 0.717) is 6.61 Å². The molecule has 0 saturated heterocycles. The van der Waals surface area contributed by atoms with Gasteiger partial charge in [0.25, 0.3) is 0 Å². The van der Waals surface area contributed by atoms with Crippen molar-refractivity contribution in [2.24, 2.45) is 0 Å². The van der Waals surface area contributed by atoms with Crippen LogP contribution in [-0.2, 0) is 4.74 Å². The van der Waals surface area contributed by atoms with Crippen LogP contribution in [0.25, 0.3) is 0 Å². The molecule has 0 heterocycles. The monoisotopic (exact) mass is 185 g/mol. The second-order valence-electron chi connectivity index (χ2n) is 3.41. The quantitative estimate of drug-likeness (QED) is 0.705. The fourth-order valence-electron chi connectivity index (χ4n) is 1.58. The van der Waals surface area contributed by atoms with Crippen LogP contribution < -0.4 is 11.1 Å². The molecule has 0 aliphatic heterocycles. The Morgan fingerprint density at radius 2 is 2.08 bits per heavy atom. The predicted octanol–water partition coefficient (Wildman–Crippen LogP) is 1.33. The van der Waals surface area contributed by atoms with Gasteiger partial charge < -0.3 is 10.1 Å². The van der Waals surface area contributed by atoms with Gasteiger partial charge in [-0.15, -0.1) is 0 Å². The van der Waals surface area contributed by atoms with Crippen molar-refractivity contribution in [3.05, 3.63) is 0 Å². The number of rotatable bonds is 2. The summed E-state index contributed by atoms with van der Waals surface area (Å²) in [6.07, 6.45) is 3.27. The highest BCUT2D eigenvalue weighted by Gasteiger charge is 2.20.